The Morgan fingerprint density at radius 2 is 2.25 bits per heavy atom. The number of rotatable bonds is 3. The highest BCUT2D eigenvalue weighted by Gasteiger charge is 2.02. The Balaban J connectivity index is 2.07. The minimum Gasteiger partial charge on any atom is -0.488 e. The second-order valence-corrected chi connectivity index (χ2v) is 4.64. The van der Waals surface area contributed by atoms with Crippen LogP contribution in [0.2, 0.25) is 0 Å². The van der Waals surface area contributed by atoms with E-state index in [-0.39, 0.29) is 0 Å². The van der Waals surface area contributed by atoms with Crippen molar-refractivity contribution in [1.29, 1.82) is 0 Å². The van der Waals surface area contributed by atoms with E-state index in [4.69, 9.17) is 4.74 Å². The highest BCUT2D eigenvalue weighted by molar-refractivity contribution is 9.10. The minimum atomic E-state index is 0.547. The lowest BCUT2D eigenvalue weighted by Gasteiger charge is -2.08. The zero-order valence-electron chi connectivity index (χ0n) is 9.27. The fraction of sp³-hybridized carbons (Fsp3) is 0.250. The molecule has 0 saturated carbocycles. The summed E-state index contributed by atoms with van der Waals surface area (Å²) in [6, 6.07) is 6.01. The van der Waals surface area contributed by atoms with Crippen LogP contribution in [0.1, 0.15) is 11.1 Å². The first kappa shape index (κ1) is 11.2. The van der Waals surface area contributed by atoms with Gasteiger partial charge in [0.25, 0.3) is 0 Å². The van der Waals surface area contributed by atoms with Gasteiger partial charge in [-0.2, -0.15) is 5.10 Å². The lowest BCUT2D eigenvalue weighted by molar-refractivity contribution is 0.304. The Morgan fingerprint density at radius 3 is 2.94 bits per heavy atom. The molecule has 3 nitrogen and oxygen atoms in total. The van der Waals surface area contributed by atoms with E-state index in [1.54, 1.807) is 4.68 Å². The van der Waals surface area contributed by atoms with Gasteiger partial charge in [0.05, 0.1) is 6.20 Å². The first-order valence-electron chi connectivity index (χ1n) is 5.01. The van der Waals surface area contributed by atoms with Gasteiger partial charge in [0.15, 0.2) is 0 Å². The van der Waals surface area contributed by atoms with E-state index in [0.717, 1.165) is 21.3 Å². The molecule has 16 heavy (non-hydrogen) atoms. The van der Waals surface area contributed by atoms with Crippen LogP contribution in [0.4, 0.5) is 0 Å². The Kier molecular flexibility index (Phi) is 3.29. The number of nitrogens with zero attached hydrogens (tertiary/aromatic N) is 2. The summed E-state index contributed by atoms with van der Waals surface area (Å²) in [5, 5.41) is 4.10. The van der Waals surface area contributed by atoms with Crippen LogP contribution in [0.3, 0.4) is 0 Å². The lowest BCUT2D eigenvalue weighted by Crippen LogP contribution is -1.96. The molecule has 1 aromatic carbocycles. The van der Waals surface area contributed by atoms with Gasteiger partial charge >= 0.3 is 0 Å². The van der Waals surface area contributed by atoms with Crippen LogP contribution in [0.15, 0.2) is 35.1 Å². The van der Waals surface area contributed by atoms with Crippen LogP contribution in [-0.2, 0) is 13.7 Å². The molecule has 0 fully saturated rings. The third kappa shape index (κ3) is 2.64. The summed E-state index contributed by atoms with van der Waals surface area (Å²) in [7, 11) is 1.90. The third-order valence-corrected chi connectivity index (χ3v) is 2.80. The third-order valence-electron chi connectivity index (χ3n) is 2.30. The summed E-state index contributed by atoms with van der Waals surface area (Å²) in [6.07, 6.45) is 3.76. The Bertz CT molecular complexity index is 494. The van der Waals surface area contributed by atoms with E-state index in [1.807, 2.05) is 44.6 Å². The maximum Gasteiger partial charge on any atom is 0.123 e. The minimum absolute atomic E-state index is 0.547. The highest BCUT2D eigenvalue weighted by atomic mass is 79.9. The smallest absolute Gasteiger partial charge is 0.123 e. The van der Waals surface area contributed by atoms with Crippen LogP contribution >= 0.6 is 15.9 Å². The zero-order valence-corrected chi connectivity index (χ0v) is 10.9. The van der Waals surface area contributed by atoms with Gasteiger partial charge in [-0.15, -0.1) is 0 Å². The van der Waals surface area contributed by atoms with E-state index in [1.165, 1.54) is 0 Å². The van der Waals surface area contributed by atoms with E-state index < -0.39 is 0 Å². The molecule has 4 heteroatoms. The summed E-state index contributed by atoms with van der Waals surface area (Å²) >= 11 is 3.43. The van der Waals surface area contributed by atoms with Gasteiger partial charge in [-0.1, -0.05) is 22.0 Å². The Hall–Kier alpha value is -1.29. The number of halogens is 1. The van der Waals surface area contributed by atoms with Crippen molar-refractivity contribution in [3.8, 4) is 5.75 Å². The Morgan fingerprint density at radius 1 is 1.44 bits per heavy atom. The number of aryl methyl sites for hydroxylation is 2. The molecule has 0 radical (unpaired) electrons. The molecular formula is C12H13BrN2O. The number of hydrogen-bond donors (Lipinski definition) is 0. The zero-order chi connectivity index (χ0) is 11.5. The van der Waals surface area contributed by atoms with Crippen molar-refractivity contribution >= 4 is 15.9 Å². The maximum absolute atomic E-state index is 5.73. The summed E-state index contributed by atoms with van der Waals surface area (Å²) in [4.78, 5) is 0. The van der Waals surface area contributed by atoms with Gasteiger partial charge in [0.1, 0.15) is 12.4 Å². The summed E-state index contributed by atoms with van der Waals surface area (Å²) in [6.45, 7) is 2.58. The predicted molar refractivity (Wildman–Crippen MR) is 66.4 cm³/mol. The topological polar surface area (TPSA) is 27.1 Å². The summed E-state index contributed by atoms with van der Waals surface area (Å²) in [5.74, 6) is 0.901. The molecule has 0 N–H and O–H groups in total. The Labute approximate surface area is 103 Å². The number of hydrogen-bond acceptors (Lipinski definition) is 2. The second kappa shape index (κ2) is 4.70. The van der Waals surface area contributed by atoms with Crippen molar-refractivity contribution in [2.75, 3.05) is 0 Å². The molecule has 0 spiro atoms. The molecule has 1 heterocycles. The quantitative estimate of drug-likeness (QED) is 0.864. The van der Waals surface area contributed by atoms with Crippen LogP contribution in [0.5, 0.6) is 5.75 Å². The van der Waals surface area contributed by atoms with Gasteiger partial charge in [0.2, 0.25) is 0 Å². The summed E-state index contributed by atoms with van der Waals surface area (Å²) < 4.78 is 8.53. The van der Waals surface area contributed by atoms with Crippen LogP contribution in [0, 0.1) is 6.92 Å². The maximum atomic E-state index is 5.73. The molecule has 0 bridgehead atoms. The molecule has 0 aliphatic carbocycles. The van der Waals surface area contributed by atoms with E-state index in [0.29, 0.717) is 6.61 Å². The molecule has 0 aliphatic rings. The monoisotopic (exact) mass is 280 g/mol. The molecule has 0 aliphatic heterocycles. The average Bonchev–Trinajstić information content (AvgIpc) is 2.66. The fourth-order valence-corrected chi connectivity index (χ4v) is 1.78. The lowest BCUT2D eigenvalue weighted by atomic mass is 10.2. The molecule has 0 unspecified atom stereocenters. The summed E-state index contributed by atoms with van der Waals surface area (Å²) in [5.41, 5.74) is 2.20. The normalized spacial score (nSPS) is 10.4. The number of aromatic nitrogens is 2. The largest absolute Gasteiger partial charge is 0.488 e. The van der Waals surface area contributed by atoms with Crippen LogP contribution in [0.25, 0.3) is 0 Å². The first-order valence-corrected chi connectivity index (χ1v) is 5.81. The van der Waals surface area contributed by atoms with Crippen molar-refractivity contribution in [2.24, 2.45) is 7.05 Å². The van der Waals surface area contributed by atoms with Gasteiger partial charge in [0, 0.05) is 23.3 Å². The van der Waals surface area contributed by atoms with Crippen molar-refractivity contribution in [3.05, 3.63) is 46.2 Å². The molecule has 2 aromatic rings. The van der Waals surface area contributed by atoms with Gasteiger partial charge in [-0.25, -0.2) is 0 Å². The van der Waals surface area contributed by atoms with Crippen LogP contribution in [-0.4, -0.2) is 9.78 Å². The second-order valence-electron chi connectivity index (χ2n) is 3.72. The average molecular weight is 281 g/mol. The van der Waals surface area contributed by atoms with Gasteiger partial charge < -0.3 is 4.74 Å². The highest BCUT2D eigenvalue weighted by Crippen LogP contribution is 2.23. The fourth-order valence-electron chi connectivity index (χ4n) is 1.44. The number of ether oxygens (including phenoxy) is 1. The van der Waals surface area contributed by atoms with Gasteiger partial charge in [-0.3, -0.25) is 4.68 Å². The molecule has 0 amide bonds. The van der Waals surface area contributed by atoms with Crippen molar-refractivity contribution in [3.63, 3.8) is 0 Å². The van der Waals surface area contributed by atoms with E-state index >= 15 is 0 Å². The SMILES string of the molecule is Cc1ccc(Br)cc1OCc1cnn(C)c1. The molecule has 1 aromatic heterocycles. The number of benzene rings is 1. The molecular weight excluding hydrogens is 268 g/mol. The molecule has 84 valence electrons. The molecule has 2 rings (SSSR count). The molecule has 0 atom stereocenters. The molecule has 0 saturated heterocycles. The van der Waals surface area contributed by atoms with Gasteiger partial charge in [-0.05, 0) is 24.6 Å². The van der Waals surface area contributed by atoms with Crippen molar-refractivity contribution < 1.29 is 4.74 Å². The standard InChI is InChI=1S/C12H13BrN2O/c1-9-3-4-11(13)5-12(9)16-8-10-6-14-15(2)7-10/h3-7H,8H2,1-2H3. The van der Waals surface area contributed by atoms with Crippen molar-refractivity contribution in [1.82, 2.24) is 9.78 Å². The van der Waals surface area contributed by atoms with Crippen molar-refractivity contribution in [2.45, 2.75) is 13.5 Å². The van der Waals surface area contributed by atoms with Crippen LogP contribution < -0.4 is 4.74 Å². The van der Waals surface area contributed by atoms with E-state index in [9.17, 15) is 0 Å². The first-order chi connectivity index (χ1) is 7.65. The van der Waals surface area contributed by atoms with E-state index in [2.05, 4.69) is 21.0 Å². The predicted octanol–water partition coefficient (Wildman–Crippen LogP) is 3.07.